The van der Waals surface area contributed by atoms with E-state index >= 15 is 0 Å². The third-order valence-electron chi connectivity index (χ3n) is 2.08. The van der Waals surface area contributed by atoms with E-state index in [0.29, 0.717) is 17.2 Å². The maximum atomic E-state index is 11.4. The summed E-state index contributed by atoms with van der Waals surface area (Å²) in [5, 5.41) is 2.67. The second kappa shape index (κ2) is 6.98. The maximum Gasteiger partial charge on any atom is 0.241 e. The van der Waals surface area contributed by atoms with Crippen LogP contribution in [0.15, 0.2) is 18.2 Å². The van der Waals surface area contributed by atoms with Gasteiger partial charge in [0.05, 0.1) is 25.9 Å². The van der Waals surface area contributed by atoms with Crippen molar-refractivity contribution in [2.75, 3.05) is 19.5 Å². The van der Waals surface area contributed by atoms with Crippen molar-refractivity contribution in [2.24, 2.45) is 5.73 Å². The number of hydrogen-bond acceptors (Lipinski definition) is 4. The van der Waals surface area contributed by atoms with Crippen LogP contribution in [0.4, 0.5) is 5.69 Å². The third-order valence-corrected chi connectivity index (χ3v) is 2.08. The van der Waals surface area contributed by atoms with Gasteiger partial charge in [-0.25, -0.2) is 0 Å². The van der Waals surface area contributed by atoms with Gasteiger partial charge in [0, 0.05) is 6.07 Å². The number of carbonyl (C=O) groups is 1. The Hall–Kier alpha value is -1.46. The molecular weight excluding hydrogens is 244 g/mol. The highest BCUT2D eigenvalue weighted by Crippen LogP contribution is 2.28. The summed E-state index contributed by atoms with van der Waals surface area (Å²) in [4.78, 5) is 11.4. The van der Waals surface area contributed by atoms with Crippen LogP contribution in [0.3, 0.4) is 0 Å². The summed E-state index contributed by atoms with van der Waals surface area (Å²) in [5.41, 5.74) is 6.01. The molecule has 0 aromatic heterocycles. The van der Waals surface area contributed by atoms with Crippen molar-refractivity contribution >= 4 is 24.0 Å². The Labute approximate surface area is 107 Å². The lowest BCUT2D eigenvalue weighted by Gasteiger charge is -2.12. The molecule has 0 saturated heterocycles. The predicted octanol–water partition coefficient (Wildman–Crippen LogP) is 1.41. The first-order chi connectivity index (χ1) is 7.58. The van der Waals surface area contributed by atoms with Crippen LogP contribution in [0, 0.1) is 0 Å². The molecule has 0 aliphatic carbocycles. The molecule has 1 atom stereocenters. The number of ether oxygens (including phenoxy) is 2. The number of amides is 1. The minimum atomic E-state index is -0.573. The first kappa shape index (κ1) is 15.5. The monoisotopic (exact) mass is 260 g/mol. The first-order valence-corrected chi connectivity index (χ1v) is 4.87. The maximum absolute atomic E-state index is 11.4. The van der Waals surface area contributed by atoms with E-state index in [4.69, 9.17) is 15.2 Å². The number of nitrogens with two attached hydrogens (primary N) is 1. The molecule has 5 nitrogen and oxygen atoms in total. The lowest BCUT2D eigenvalue weighted by atomic mass is 10.2. The minimum Gasteiger partial charge on any atom is -0.497 e. The van der Waals surface area contributed by atoms with Crippen LogP contribution in [0.25, 0.3) is 0 Å². The smallest absolute Gasteiger partial charge is 0.241 e. The Morgan fingerprint density at radius 3 is 2.47 bits per heavy atom. The van der Waals surface area contributed by atoms with Crippen LogP contribution in [0.2, 0.25) is 0 Å². The van der Waals surface area contributed by atoms with Crippen molar-refractivity contribution in [3.05, 3.63) is 18.2 Å². The lowest BCUT2D eigenvalue weighted by Crippen LogP contribution is -2.32. The van der Waals surface area contributed by atoms with Gasteiger partial charge in [0.15, 0.2) is 0 Å². The van der Waals surface area contributed by atoms with Crippen molar-refractivity contribution in [3.8, 4) is 11.5 Å². The predicted molar refractivity (Wildman–Crippen MR) is 69.1 cm³/mol. The summed E-state index contributed by atoms with van der Waals surface area (Å²) >= 11 is 0. The summed E-state index contributed by atoms with van der Waals surface area (Å²) < 4.78 is 10.2. The topological polar surface area (TPSA) is 73.6 Å². The number of methoxy groups -OCH3 is 2. The van der Waals surface area contributed by atoms with Gasteiger partial charge in [0.2, 0.25) is 5.91 Å². The van der Waals surface area contributed by atoms with Crippen LogP contribution in [-0.4, -0.2) is 26.2 Å². The molecule has 0 unspecified atom stereocenters. The lowest BCUT2D eigenvalue weighted by molar-refractivity contribution is -0.117. The molecule has 0 bridgehead atoms. The van der Waals surface area contributed by atoms with Gasteiger partial charge < -0.3 is 20.5 Å². The van der Waals surface area contributed by atoms with Gasteiger partial charge in [-0.3, -0.25) is 4.79 Å². The molecule has 0 fully saturated rings. The molecule has 96 valence electrons. The molecule has 17 heavy (non-hydrogen) atoms. The number of nitrogens with one attached hydrogen (secondary N) is 1. The van der Waals surface area contributed by atoms with E-state index in [1.807, 2.05) is 0 Å². The van der Waals surface area contributed by atoms with Crippen molar-refractivity contribution < 1.29 is 14.3 Å². The van der Waals surface area contributed by atoms with E-state index in [9.17, 15) is 4.79 Å². The Bertz CT molecular complexity index is 383. The molecule has 6 heteroatoms. The van der Waals surface area contributed by atoms with Crippen LogP contribution >= 0.6 is 12.4 Å². The first-order valence-electron chi connectivity index (χ1n) is 4.87. The molecule has 0 heterocycles. The van der Waals surface area contributed by atoms with Gasteiger partial charge in [0.1, 0.15) is 11.5 Å². The average Bonchev–Trinajstić information content (AvgIpc) is 2.28. The normalized spacial score (nSPS) is 11.1. The van der Waals surface area contributed by atoms with E-state index in [-0.39, 0.29) is 18.3 Å². The Morgan fingerprint density at radius 1 is 1.35 bits per heavy atom. The molecule has 1 rings (SSSR count). The largest absolute Gasteiger partial charge is 0.497 e. The van der Waals surface area contributed by atoms with Gasteiger partial charge in [-0.05, 0) is 19.1 Å². The number of hydrogen-bond donors (Lipinski definition) is 2. The summed E-state index contributed by atoms with van der Waals surface area (Å²) in [6, 6.07) is 4.57. The summed E-state index contributed by atoms with van der Waals surface area (Å²) in [6.45, 7) is 1.61. The van der Waals surface area contributed by atoms with E-state index in [1.54, 1.807) is 32.2 Å². The van der Waals surface area contributed by atoms with E-state index < -0.39 is 6.04 Å². The van der Waals surface area contributed by atoms with Gasteiger partial charge in [-0.15, -0.1) is 12.4 Å². The number of rotatable bonds is 4. The fourth-order valence-corrected chi connectivity index (χ4v) is 1.16. The molecule has 3 N–H and O–H groups in total. The minimum absolute atomic E-state index is 0. The van der Waals surface area contributed by atoms with Gasteiger partial charge in [-0.2, -0.15) is 0 Å². The summed E-state index contributed by atoms with van der Waals surface area (Å²) in [5.74, 6) is 0.933. The molecule has 1 aromatic rings. The molecule has 0 radical (unpaired) electrons. The average molecular weight is 261 g/mol. The highest BCUT2D eigenvalue weighted by atomic mass is 35.5. The quantitative estimate of drug-likeness (QED) is 0.859. The third kappa shape index (κ3) is 4.13. The Kier molecular flexibility index (Phi) is 6.38. The van der Waals surface area contributed by atoms with Crippen LogP contribution in [-0.2, 0) is 4.79 Å². The molecular formula is C11H17ClN2O3. The van der Waals surface area contributed by atoms with Crippen molar-refractivity contribution in [2.45, 2.75) is 13.0 Å². The highest BCUT2D eigenvalue weighted by molar-refractivity contribution is 5.95. The molecule has 0 aliphatic rings. The molecule has 0 saturated carbocycles. The zero-order chi connectivity index (χ0) is 12.1. The second-order valence-corrected chi connectivity index (χ2v) is 3.34. The van der Waals surface area contributed by atoms with Gasteiger partial charge in [-0.1, -0.05) is 0 Å². The van der Waals surface area contributed by atoms with Crippen LogP contribution < -0.4 is 20.5 Å². The Morgan fingerprint density at radius 2 is 2.00 bits per heavy atom. The number of anilines is 1. The van der Waals surface area contributed by atoms with E-state index in [2.05, 4.69) is 5.32 Å². The molecule has 0 spiro atoms. The van der Waals surface area contributed by atoms with Crippen molar-refractivity contribution in [1.82, 2.24) is 0 Å². The number of halogens is 1. The number of benzene rings is 1. The standard InChI is InChI=1S/C11H16N2O3.ClH/c1-7(12)11(14)13-9-6-8(15-2)4-5-10(9)16-3;/h4-7H,12H2,1-3H3,(H,13,14);1H/t7-;/m1./s1. The second-order valence-electron chi connectivity index (χ2n) is 3.34. The van der Waals surface area contributed by atoms with Crippen molar-refractivity contribution in [1.29, 1.82) is 0 Å². The van der Waals surface area contributed by atoms with Crippen molar-refractivity contribution in [3.63, 3.8) is 0 Å². The summed E-state index contributed by atoms with van der Waals surface area (Å²) in [7, 11) is 3.09. The fourth-order valence-electron chi connectivity index (χ4n) is 1.16. The summed E-state index contributed by atoms with van der Waals surface area (Å²) in [6.07, 6.45) is 0. The number of carbonyl (C=O) groups excluding carboxylic acids is 1. The highest BCUT2D eigenvalue weighted by Gasteiger charge is 2.11. The van der Waals surface area contributed by atoms with E-state index in [1.165, 1.54) is 7.11 Å². The Balaban J connectivity index is 0.00000256. The zero-order valence-corrected chi connectivity index (χ0v) is 10.8. The molecule has 0 aliphatic heterocycles. The van der Waals surface area contributed by atoms with Crippen LogP contribution in [0.5, 0.6) is 11.5 Å². The molecule has 1 amide bonds. The van der Waals surface area contributed by atoms with Crippen LogP contribution in [0.1, 0.15) is 6.92 Å². The molecule has 1 aromatic carbocycles. The zero-order valence-electron chi connectivity index (χ0n) is 10.0. The van der Waals surface area contributed by atoms with Gasteiger partial charge in [0.25, 0.3) is 0 Å². The SMILES string of the molecule is COc1ccc(OC)c(NC(=O)[C@@H](C)N)c1.Cl. The fraction of sp³-hybridized carbons (Fsp3) is 0.364. The van der Waals surface area contributed by atoms with Gasteiger partial charge >= 0.3 is 0 Å². The van der Waals surface area contributed by atoms with E-state index in [0.717, 1.165) is 0 Å².